The SMILES string of the molecule is O=C(CCCCC[C@H](NS(=O)(=O)c1cccc(Cl)c1)C(=O)NO)Nc1ccccc1. The van der Waals surface area contributed by atoms with Crippen molar-refractivity contribution in [3.05, 3.63) is 59.6 Å². The van der Waals surface area contributed by atoms with Crippen molar-refractivity contribution in [3.63, 3.8) is 0 Å². The standard InChI is InChI=1S/C20H24ClN3O5S/c21-15-8-7-11-17(14-15)30(28,29)24-18(20(26)23-27)12-5-2-6-13-19(25)22-16-9-3-1-4-10-16/h1,3-4,7-11,14,18,24,27H,2,5-6,12-13H2,(H,22,25)(H,23,26)/t18-/m0/s1. The van der Waals surface area contributed by atoms with E-state index in [0.29, 0.717) is 25.7 Å². The zero-order chi connectivity index (χ0) is 22.0. The molecule has 10 heteroatoms. The van der Waals surface area contributed by atoms with Gasteiger partial charge in [0.15, 0.2) is 0 Å². The van der Waals surface area contributed by atoms with Crippen molar-refractivity contribution in [1.82, 2.24) is 10.2 Å². The minimum absolute atomic E-state index is 0.0803. The van der Waals surface area contributed by atoms with Gasteiger partial charge in [0.05, 0.1) is 4.90 Å². The number of hydrogen-bond donors (Lipinski definition) is 4. The molecular formula is C20H24ClN3O5S. The number of sulfonamides is 1. The molecule has 162 valence electrons. The molecule has 0 saturated carbocycles. The summed E-state index contributed by atoms with van der Waals surface area (Å²) in [4.78, 5) is 23.7. The fourth-order valence-corrected chi connectivity index (χ4v) is 4.30. The molecular weight excluding hydrogens is 430 g/mol. The van der Waals surface area contributed by atoms with E-state index in [0.717, 1.165) is 5.69 Å². The van der Waals surface area contributed by atoms with Crippen LogP contribution in [0.2, 0.25) is 5.02 Å². The van der Waals surface area contributed by atoms with E-state index in [2.05, 4.69) is 10.0 Å². The molecule has 30 heavy (non-hydrogen) atoms. The highest BCUT2D eigenvalue weighted by Crippen LogP contribution is 2.17. The van der Waals surface area contributed by atoms with Crippen LogP contribution in [0.5, 0.6) is 0 Å². The van der Waals surface area contributed by atoms with Gasteiger partial charge < -0.3 is 5.32 Å². The summed E-state index contributed by atoms with van der Waals surface area (Å²) in [6.45, 7) is 0. The molecule has 1 atom stereocenters. The van der Waals surface area contributed by atoms with E-state index in [-0.39, 0.29) is 22.2 Å². The second-order valence-electron chi connectivity index (χ2n) is 6.62. The molecule has 0 aliphatic heterocycles. The number of unbranched alkanes of at least 4 members (excludes halogenated alkanes) is 2. The van der Waals surface area contributed by atoms with Crippen molar-refractivity contribution in [3.8, 4) is 0 Å². The van der Waals surface area contributed by atoms with Crippen molar-refractivity contribution >= 4 is 39.1 Å². The lowest BCUT2D eigenvalue weighted by molar-refractivity contribution is -0.131. The maximum Gasteiger partial charge on any atom is 0.261 e. The number of hydroxylamine groups is 1. The van der Waals surface area contributed by atoms with Gasteiger partial charge in [0.1, 0.15) is 6.04 Å². The second kappa shape index (κ2) is 11.7. The van der Waals surface area contributed by atoms with Crippen LogP contribution in [0, 0.1) is 0 Å². The second-order valence-corrected chi connectivity index (χ2v) is 8.77. The Balaban J connectivity index is 1.82. The Morgan fingerprint density at radius 3 is 2.40 bits per heavy atom. The molecule has 0 spiro atoms. The Morgan fingerprint density at radius 1 is 1.00 bits per heavy atom. The Labute approximate surface area is 180 Å². The van der Waals surface area contributed by atoms with Gasteiger partial charge in [-0.15, -0.1) is 0 Å². The summed E-state index contributed by atoms with van der Waals surface area (Å²) in [6.07, 6.45) is 2.13. The summed E-state index contributed by atoms with van der Waals surface area (Å²) < 4.78 is 27.2. The zero-order valence-corrected chi connectivity index (χ0v) is 17.7. The fraction of sp³-hybridized carbons (Fsp3) is 0.300. The van der Waals surface area contributed by atoms with Gasteiger partial charge in [-0.25, -0.2) is 13.9 Å². The third-order valence-corrected chi connectivity index (χ3v) is 5.99. The van der Waals surface area contributed by atoms with Gasteiger partial charge in [0.25, 0.3) is 5.91 Å². The van der Waals surface area contributed by atoms with Gasteiger partial charge in [-0.2, -0.15) is 4.72 Å². The smallest absolute Gasteiger partial charge is 0.261 e. The predicted octanol–water partition coefficient (Wildman–Crippen LogP) is 3.08. The van der Waals surface area contributed by atoms with Gasteiger partial charge in [0, 0.05) is 17.1 Å². The molecule has 0 bridgehead atoms. The lowest BCUT2D eigenvalue weighted by Crippen LogP contribution is -2.45. The summed E-state index contributed by atoms with van der Waals surface area (Å²) >= 11 is 5.83. The topological polar surface area (TPSA) is 125 Å². The molecule has 0 radical (unpaired) electrons. The number of rotatable bonds is 11. The minimum atomic E-state index is -4.00. The molecule has 2 aromatic rings. The van der Waals surface area contributed by atoms with Gasteiger partial charge in [-0.05, 0) is 43.2 Å². The number of halogens is 1. The van der Waals surface area contributed by atoms with Gasteiger partial charge in [-0.1, -0.05) is 48.7 Å². The number of amides is 2. The van der Waals surface area contributed by atoms with E-state index in [1.54, 1.807) is 12.1 Å². The molecule has 0 aliphatic rings. The predicted molar refractivity (Wildman–Crippen MR) is 114 cm³/mol. The number of benzene rings is 2. The van der Waals surface area contributed by atoms with Crippen LogP contribution in [0.25, 0.3) is 0 Å². The largest absolute Gasteiger partial charge is 0.326 e. The average Bonchev–Trinajstić information content (AvgIpc) is 2.72. The van der Waals surface area contributed by atoms with Crippen LogP contribution in [0.3, 0.4) is 0 Å². The number of carbonyl (C=O) groups excluding carboxylic acids is 2. The first-order valence-electron chi connectivity index (χ1n) is 9.38. The first kappa shape index (κ1) is 23.8. The van der Waals surface area contributed by atoms with Crippen molar-refractivity contribution in [2.75, 3.05) is 5.32 Å². The normalized spacial score (nSPS) is 12.2. The highest BCUT2D eigenvalue weighted by molar-refractivity contribution is 7.89. The fourth-order valence-electron chi connectivity index (χ4n) is 2.77. The number of anilines is 1. The molecule has 2 aromatic carbocycles. The van der Waals surface area contributed by atoms with Crippen molar-refractivity contribution in [2.45, 2.75) is 43.0 Å². The van der Waals surface area contributed by atoms with Crippen LogP contribution in [0.15, 0.2) is 59.5 Å². The third kappa shape index (κ3) is 7.75. The summed E-state index contributed by atoms with van der Waals surface area (Å²) in [5.41, 5.74) is 2.20. The van der Waals surface area contributed by atoms with Gasteiger partial charge in [-0.3, -0.25) is 14.8 Å². The maximum atomic E-state index is 12.5. The summed E-state index contributed by atoms with van der Waals surface area (Å²) in [5, 5.41) is 12.0. The van der Waals surface area contributed by atoms with Crippen LogP contribution in [0.1, 0.15) is 32.1 Å². The summed E-state index contributed by atoms with van der Waals surface area (Å²) in [5.74, 6) is -0.977. The van der Waals surface area contributed by atoms with E-state index in [1.165, 1.54) is 29.7 Å². The van der Waals surface area contributed by atoms with Crippen molar-refractivity contribution in [1.29, 1.82) is 0 Å². The van der Waals surface area contributed by atoms with Gasteiger partial charge in [0.2, 0.25) is 15.9 Å². The maximum absolute atomic E-state index is 12.5. The molecule has 0 heterocycles. The minimum Gasteiger partial charge on any atom is -0.326 e. The Morgan fingerprint density at radius 2 is 1.73 bits per heavy atom. The number of hydrogen-bond acceptors (Lipinski definition) is 5. The lowest BCUT2D eigenvalue weighted by atomic mass is 10.1. The Hall–Kier alpha value is -2.46. The summed E-state index contributed by atoms with van der Waals surface area (Å²) in [6, 6.07) is 13.6. The average molecular weight is 454 g/mol. The molecule has 8 nitrogen and oxygen atoms in total. The van der Waals surface area contributed by atoms with Crippen LogP contribution in [-0.2, 0) is 19.6 Å². The Kier molecular flexibility index (Phi) is 9.25. The first-order valence-corrected chi connectivity index (χ1v) is 11.2. The Bertz CT molecular complexity index is 954. The van der Waals surface area contributed by atoms with E-state index >= 15 is 0 Å². The van der Waals surface area contributed by atoms with Crippen LogP contribution in [-0.4, -0.2) is 31.5 Å². The molecule has 0 saturated heterocycles. The highest BCUT2D eigenvalue weighted by atomic mass is 35.5. The highest BCUT2D eigenvalue weighted by Gasteiger charge is 2.25. The molecule has 2 rings (SSSR count). The molecule has 0 fully saturated rings. The van der Waals surface area contributed by atoms with E-state index in [4.69, 9.17) is 16.8 Å². The van der Waals surface area contributed by atoms with Crippen molar-refractivity contribution < 1.29 is 23.2 Å². The number of carbonyl (C=O) groups is 2. The first-order chi connectivity index (χ1) is 14.3. The molecule has 0 unspecified atom stereocenters. The third-order valence-electron chi connectivity index (χ3n) is 4.28. The zero-order valence-electron chi connectivity index (χ0n) is 16.2. The molecule has 0 aromatic heterocycles. The van der Waals surface area contributed by atoms with E-state index in [9.17, 15) is 18.0 Å². The van der Waals surface area contributed by atoms with Crippen molar-refractivity contribution in [2.24, 2.45) is 0 Å². The van der Waals surface area contributed by atoms with E-state index in [1.807, 2.05) is 18.2 Å². The molecule has 0 aliphatic carbocycles. The van der Waals surface area contributed by atoms with Crippen LogP contribution >= 0.6 is 11.6 Å². The molecule has 2 amide bonds. The van der Waals surface area contributed by atoms with Gasteiger partial charge >= 0.3 is 0 Å². The number of nitrogens with one attached hydrogen (secondary N) is 3. The quantitative estimate of drug-likeness (QED) is 0.236. The summed E-state index contributed by atoms with van der Waals surface area (Å²) in [7, 11) is -4.00. The lowest BCUT2D eigenvalue weighted by Gasteiger charge is -2.17. The molecule has 4 N–H and O–H groups in total. The van der Waals surface area contributed by atoms with E-state index < -0.39 is 22.0 Å². The van der Waals surface area contributed by atoms with Crippen LogP contribution < -0.4 is 15.5 Å². The van der Waals surface area contributed by atoms with Crippen LogP contribution in [0.4, 0.5) is 5.69 Å². The number of para-hydroxylation sites is 1. The monoisotopic (exact) mass is 453 g/mol.